The summed E-state index contributed by atoms with van der Waals surface area (Å²) in [6.07, 6.45) is 10.8. The quantitative estimate of drug-likeness (QED) is 0.163. The van der Waals surface area contributed by atoms with Gasteiger partial charge in [-0.2, -0.15) is 0 Å². The van der Waals surface area contributed by atoms with E-state index in [4.69, 9.17) is 0 Å². The lowest BCUT2D eigenvalue weighted by Gasteiger charge is -2.51. The molecule has 3 nitrogen and oxygen atoms in total. The Balaban J connectivity index is 1.13. The number of hydrogen-bond donors (Lipinski definition) is 0. The lowest BCUT2D eigenvalue weighted by atomic mass is 9.33. The van der Waals surface area contributed by atoms with Gasteiger partial charge < -0.3 is 14.7 Å². The Morgan fingerprint density at radius 1 is 0.397 bits per heavy atom. The Bertz CT molecular complexity index is 3590. The largest absolute Gasteiger partial charge is 0.334 e. The topological polar surface area (TPSA) is 9.72 Å². The van der Waals surface area contributed by atoms with E-state index in [0.717, 1.165) is 6.42 Å². The minimum Gasteiger partial charge on any atom is -0.334 e. The first-order valence-corrected chi connectivity index (χ1v) is 30.6. The van der Waals surface area contributed by atoms with Crippen LogP contribution in [-0.2, 0) is 43.3 Å². The Kier molecular flexibility index (Phi) is 10.7. The molecule has 0 saturated heterocycles. The van der Waals surface area contributed by atoms with Gasteiger partial charge in [0.25, 0.3) is 6.71 Å². The summed E-state index contributed by atoms with van der Waals surface area (Å²) in [5, 5.41) is 0. The summed E-state index contributed by atoms with van der Waals surface area (Å²) in [6, 6.07) is 36.5. The van der Waals surface area contributed by atoms with Crippen LogP contribution in [0.4, 0.5) is 45.5 Å². The van der Waals surface area contributed by atoms with Crippen molar-refractivity contribution >= 4 is 68.6 Å². The molecule has 13 rings (SSSR count). The molecule has 2 atom stereocenters. The molecule has 4 aliphatic carbocycles. The summed E-state index contributed by atoms with van der Waals surface area (Å²) in [5.74, 6) is 0. The molecular formula is C74H92BN3. The van der Waals surface area contributed by atoms with Crippen LogP contribution in [0.25, 0.3) is 0 Å². The molecule has 0 spiro atoms. The predicted molar refractivity (Wildman–Crippen MR) is 337 cm³/mol. The molecule has 406 valence electrons. The Morgan fingerprint density at radius 2 is 0.859 bits per heavy atom. The number of nitrogens with zero attached hydrogens (tertiary/aromatic N) is 3. The number of anilines is 8. The number of benzene rings is 6. The standard InChI is InChI=1S/C74H92BN3/c1-44-33-63-65-64(34-44)77(59-40-52-49(35-45(59)2)67(7,8)29-31-69(52,11)12)62-42-53-51(68(9,10)30-32-70(53,13)14)39-57(62)75(65)56-25-24-48(38-61(56)76(63)60-41-54-50(36-46(60)3)71(15,16)43-72(54,17)18)78-58-26-23-47(66(4,5)6)37-55(58)73(19)27-21-22-28-74(73,78)20/h23-26,33-42H,21-22,27-32,43H2,1-20H3. The maximum absolute atomic E-state index is 2.84. The van der Waals surface area contributed by atoms with Crippen LogP contribution >= 0.6 is 0 Å². The summed E-state index contributed by atoms with van der Waals surface area (Å²) in [4.78, 5) is 8.39. The van der Waals surface area contributed by atoms with Gasteiger partial charge in [-0.1, -0.05) is 160 Å². The van der Waals surface area contributed by atoms with Gasteiger partial charge in [0.05, 0.1) is 5.54 Å². The van der Waals surface area contributed by atoms with Gasteiger partial charge in [-0.25, -0.2) is 0 Å². The summed E-state index contributed by atoms with van der Waals surface area (Å²) in [5.41, 5.74) is 31.5. The fourth-order valence-corrected chi connectivity index (χ4v) is 17.7. The number of rotatable bonds is 3. The molecule has 0 bridgehead atoms. The van der Waals surface area contributed by atoms with Gasteiger partial charge in [0.1, 0.15) is 0 Å². The lowest BCUT2D eigenvalue weighted by molar-refractivity contribution is 0.195. The molecule has 1 fully saturated rings. The molecule has 3 heterocycles. The van der Waals surface area contributed by atoms with Gasteiger partial charge in [-0.3, -0.25) is 0 Å². The normalized spacial score (nSPS) is 24.8. The fourth-order valence-electron chi connectivity index (χ4n) is 17.7. The van der Waals surface area contributed by atoms with Crippen molar-refractivity contribution in [1.29, 1.82) is 0 Å². The molecule has 3 aliphatic heterocycles. The molecule has 78 heavy (non-hydrogen) atoms. The molecule has 6 aromatic carbocycles. The van der Waals surface area contributed by atoms with E-state index in [9.17, 15) is 0 Å². The maximum Gasteiger partial charge on any atom is 0.252 e. The fraction of sp³-hybridized carbons (Fsp3) is 0.514. The zero-order valence-corrected chi connectivity index (χ0v) is 51.9. The number of aryl methyl sites for hydroxylation is 3. The highest BCUT2D eigenvalue weighted by atomic mass is 15.3. The maximum atomic E-state index is 2.84. The minimum absolute atomic E-state index is 0.0240. The summed E-state index contributed by atoms with van der Waals surface area (Å²) < 4.78 is 0. The van der Waals surface area contributed by atoms with Crippen LogP contribution in [-0.4, -0.2) is 12.3 Å². The van der Waals surface area contributed by atoms with Crippen molar-refractivity contribution in [3.05, 3.63) is 146 Å². The molecule has 0 radical (unpaired) electrons. The number of hydrogen-bond acceptors (Lipinski definition) is 3. The van der Waals surface area contributed by atoms with Gasteiger partial charge >= 0.3 is 0 Å². The predicted octanol–water partition coefficient (Wildman–Crippen LogP) is 18.4. The van der Waals surface area contributed by atoms with Crippen molar-refractivity contribution in [2.45, 2.75) is 245 Å². The molecule has 0 aromatic heterocycles. The molecule has 7 aliphatic rings. The Hall–Kier alpha value is -5.22. The Labute approximate surface area is 472 Å². The van der Waals surface area contributed by atoms with E-state index in [1.807, 2.05) is 0 Å². The smallest absolute Gasteiger partial charge is 0.252 e. The highest BCUT2D eigenvalue weighted by Gasteiger charge is 2.58. The molecule has 2 unspecified atom stereocenters. The summed E-state index contributed by atoms with van der Waals surface area (Å²) in [7, 11) is 0. The lowest BCUT2D eigenvalue weighted by Crippen LogP contribution is -2.62. The van der Waals surface area contributed by atoms with E-state index >= 15 is 0 Å². The molecule has 1 saturated carbocycles. The monoisotopic (exact) mass is 1030 g/mol. The molecule has 6 aromatic rings. The van der Waals surface area contributed by atoms with Gasteiger partial charge in [0.2, 0.25) is 0 Å². The molecule has 0 amide bonds. The van der Waals surface area contributed by atoms with Gasteiger partial charge in [-0.15, -0.1) is 0 Å². The SMILES string of the molecule is Cc1cc2c3c(c1)N(c1cc4c(cc1C)C(C)(C)CCC4(C)C)c1cc4c(cc1B3c1ccc(N3c5ccc(C(C)(C)C)cc5C5(C)CCCCC35C)cc1N2c1cc2c(cc1C)C(C)(C)CC2(C)C)C(C)(C)CCC4(C)C. The van der Waals surface area contributed by atoms with Gasteiger partial charge in [0.15, 0.2) is 0 Å². The highest BCUT2D eigenvalue weighted by molar-refractivity contribution is 7.00. The van der Waals surface area contributed by atoms with E-state index < -0.39 is 0 Å². The zero-order valence-electron chi connectivity index (χ0n) is 51.9. The van der Waals surface area contributed by atoms with Crippen molar-refractivity contribution < 1.29 is 0 Å². The first kappa shape index (κ1) is 52.2. The van der Waals surface area contributed by atoms with E-state index in [2.05, 4.69) is 238 Å². The van der Waals surface area contributed by atoms with Crippen molar-refractivity contribution in [3.8, 4) is 0 Å². The number of fused-ring (bicyclic) bond motifs is 10. The highest BCUT2D eigenvalue weighted by Crippen LogP contribution is 2.63. The van der Waals surface area contributed by atoms with Crippen molar-refractivity contribution in [3.63, 3.8) is 0 Å². The van der Waals surface area contributed by atoms with Crippen LogP contribution in [0.3, 0.4) is 0 Å². The van der Waals surface area contributed by atoms with E-state index in [1.165, 1.54) is 174 Å². The minimum atomic E-state index is -0.0789. The second kappa shape index (κ2) is 16.0. The molecular weight excluding hydrogens is 942 g/mol. The Morgan fingerprint density at radius 3 is 1.40 bits per heavy atom. The third kappa shape index (κ3) is 7.07. The van der Waals surface area contributed by atoms with E-state index in [0.29, 0.717) is 0 Å². The van der Waals surface area contributed by atoms with Crippen LogP contribution in [0, 0.1) is 20.8 Å². The van der Waals surface area contributed by atoms with Gasteiger partial charge in [-0.05, 0) is 237 Å². The second-order valence-corrected chi connectivity index (χ2v) is 32.0. The molecule has 0 N–H and O–H groups in total. The average Bonchev–Trinajstić information content (AvgIpc) is 2.56. The summed E-state index contributed by atoms with van der Waals surface area (Å²) in [6.45, 7) is 49.5. The molecule has 4 heteroatoms. The first-order valence-electron chi connectivity index (χ1n) is 30.6. The van der Waals surface area contributed by atoms with E-state index in [-0.39, 0.29) is 55.6 Å². The van der Waals surface area contributed by atoms with Crippen molar-refractivity contribution in [1.82, 2.24) is 0 Å². The van der Waals surface area contributed by atoms with Crippen LogP contribution in [0.1, 0.15) is 237 Å². The third-order valence-electron chi connectivity index (χ3n) is 22.7. The third-order valence-corrected chi connectivity index (χ3v) is 22.7. The zero-order chi connectivity index (χ0) is 55.8. The van der Waals surface area contributed by atoms with Gasteiger partial charge in [0, 0.05) is 50.9 Å². The van der Waals surface area contributed by atoms with Crippen molar-refractivity contribution in [2.24, 2.45) is 0 Å². The summed E-state index contributed by atoms with van der Waals surface area (Å²) >= 11 is 0. The van der Waals surface area contributed by atoms with Crippen LogP contribution < -0.4 is 31.1 Å². The van der Waals surface area contributed by atoms with Crippen molar-refractivity contribution in [2.75, 3.05) is 14.7 Å². The van der Waals surface area contributed by atoms with Crippen LogP contribution in [0.5, 0.6) is 0 Å². The first-order chi connectivity index (χ1) is 36.2. The average molecular weight is 1030 g/mol. The van der Waals surface area contributed by atoms with Crippen LogP contribution in [0.15, 0.2) is 84.9 Å². The van der Waals surface area contributed by atoms with E-state index in [1.54, 1.807) is 0 Å². The van der Waals surface area contributed by atoms with Crippen LogP contribution in [0.2, 0.25) is 0 Å². The second-order valence-electron chi connectivity index (χ2n) is 32.0.